The number of aryl methyl sites for hydroxylation is 1. The van der Waals surface area contributed by atoms with Gasteiger partial charge >= 0.3 is 0 Å². The maximum atomic E-state index is 4.46. The molecule has 0 aliphatic heterocycles. The quantitative estimate of drug-likeness (QED) is 0.901. The standard InChI is InChI=1S/C14H22N4/c1-10(2)14(4,5)9-15-13-16-12-7-6-11(3)8-18(12)17-13/h6-8,10H,9H2,1-5H3,(H,15,17). The average Bonchev–Trinajstić information content (AvgIpc) is 2.68. The molecule has 2 rings (SSSR count). The maximum Gasteiger partial charge on any atom is 0.243 e. The molecule has 0 aromatic carbocycles. The minimum absolute atomic E-state index is 0.230. The molecule has 0 fully saturated rings. The molecule has 0 aliphatic rings. The summed E-state index contributed by atoms with van der Waals surface area (Å²) in [5, 5.41) is 7.76. The Morgan fingerprint density at radius 2 is 2.06 bits per heavy atom. The molecule has 4 nitrogen and oxygen atoms in total. The van der Waals surface area contributed by atoms with Crippen molar-refractivity contribution in [1.82, 2.24) is 14.6 Å². The molecule has 0 aliphatic carbocycles. The van der Waals surface area contributed by atoms with Gasteiger partial charge < -0.3 is 5.32 Å². The lowest BCUT2D eigenvalue weighted by molar-refractivity contribution is 0.269. The molecule has 2 aromatic rings. The van der Waals surface area contributed by atoms with E-state index in [1.165, 1.54) is 5.56 Å². The Hall–Kier alpha value is -1.58. The zero-order valence-electron chi connectivity index (χ0n) is 11.9. The molecular formula is C14H22N4. The fourth-order valence-corrected chi connectivity index (χ4v) is 1.57. The number of anilines is 1. The van der Waals surface area contributed by atoms with Crippen LogP contribution in [0.25, 0.3) is 5.65 Å². The van der Waals surface area contributed by atoms with E-state index in [4.69, 9.17) is 0 Å². The van der Waals surface area contributed by atoms with Gasteiger partial charge in [-0.2, -0.15) is 4.98 Å². The highest BCUT2D eigenvalue weighted by molar-refractivity contribution is 5.44. The van der Waals surface area contributed by atoms with E-state index in [9.17, 15) is 0 Å². The van der Waals surface area contributed by atoms with E-state index in [-0.39, 0.29) is 5.41 Å². The Bertz CT molecular complexity index is 540. The van der Waals surface area contributed by atoms with Crippen LogP contribution >= 0.6 is 0 Å². The second kappa shape index (κ2) is 4.59. The SMILES string of the molecule is Cc1ccc2nc(NCC(C)(C)C(C)C)nn2c1. The maximum absolute atomic E-state index is 4.46. The zero-order chi connectivity index (χ0) is 13.3. The number of hydrogen-bond donors (Lipinski definition) is 1. The van der Waals surface area contributed by atoms with Gasteiger partial charge in [-0.25, -0.2) is 4.52 Å². The zero-order valence-corrected chi connectivity index (χ0v) is 11.9. The van der Waals surface area contributed by atoms with Crippen molar-refractivity contribution >= 4 is 11.6 Å². The van der Waals surface area contributed by atoms with E-state index in [0.717, 1.165) is 12.2 Å². The minimum atomic E-state index is 0.230. The van der Waals surface area contributed by atoms with E-state index >= 15 is 0 Å². The van der Waals surface area contributed by atoms with Crippen molar-refractivity contribution in [3.05, 3.63) is 23.9 Å². The molecule has 0 radical (unpaired) electrons. The first-order valence-electron chi connectivity index (χ1n) is 6.45. The van der Waals surface area contributed by atoms with Crippen molar-refractivity contribution in [2.45, 2.75) is 34.6 Å². The lowest BCUT2D eigenvalue weighted by atomic mass is 9.81. The highest BCUT2D eigenvalue weighted by Crippen LogP contribution is 2.25. The van der Waals surface area contributed by atoms with Crippen LogP contribution in [-0.4, -0.2) is 21.1 Å². The summed E-state index contributed by atoms with van der Waals surface area (Å²) >= 11 is 0. The van der Waals surface area contributed by atoms with E-state index in [1.807, 2.05) is 22.8 Å². The minimum Gasteiger partial charge on any atom is -0.352 e. The van der Waals surface area contributed by atoms with Crippen molar-refractivity contribution in [3.63, 3.8) is 0 Å². The van der Waals surface area contributed by atoms with Gasteiger partial charge in [-0.3, -0.25) is 0 Å². The molecule has 0 bridgehead atoms. The molecule has 98 valence electrons. The van der Waals surface area contributed by atoms with Crippen LogP contribution < -0.4 is 5.32 Å². The number of rotatable bonds is 4. The van der Waals surface area contributed by atoms with E-state index < -0.39 is 0 Å². The molecule has 0 saturated heterocycles. The van der Waals surface area contributed by atoms with Crippen LogP contribution in [0.1, 0.15) is 33.3 Å². The van der Waals surface area contributed by atoms with E-state index in [2.05, 4.69) is 50.0 Å². The number of nitrogens with one attached hydrogen (secondary N) is 1. The van der Waals surface area contributed by atoms with Gasteiger partial charge in [0.2, 0.25) is 5.95 Å². The molecule has 2 aromatic heterocycles. The normalized spacial score (nSPS) is 12.3. The van der Waals surface area contributed by atoms with Crippen LogP contribution in [0.5, 0.6) is 0 Å². The van der Waals surface area contributed by atoms with Crippen LogP contribution in [0, 0.1) is 18.3 Å². The molecule has 18 heavy (non-hydrogen) atoms. The van der Waals surface area contributed by atoms with E-state index in [1.54, 1.807) is 0 Å². The third kappa shape index (κ3) is 2.63. The first-order valence-corrected chi connectivity index (χ1v) is 6.45. The monoisotopic (exact) mass is 246 g/mol. The molecule has 0 saturated carbocycles. The summed E-state index contributed by atoms with van der Waals surface area (Å²) in [4.78, 5) is 4.46. The van der Waals surface area contributed by atoms with Gasteiger partial charge in [-0.1, -0.05) is 33.8 Å². The van der Waals surface area contributed by atoms with Crippen molar-refractivity contribution < 1.29 is 0 Å². The number of fused-ring (bicyclic) bond motifs is 1. The third-order valence-corrected chi connectivity index (χ3v) is 3.74. The number of hydrogen-bond acceptors (Lipinski definition) is 3. The van der Waals surface area contributed by atoms with Crippen LogP contribution in [0.15, 0.2) is 18.3 Å². The molecule has 4 heteroatoms. The predicted molar refractivity (Wildman–Crippen MR) is 74.8 cm³/mol. The number of pyridine rings is 1. The molecular weight excluding hydrogens is 224 g/mol. The average molecular weight is 246 g/mol. The van der Waals surface area contributed by atoms with Gasteiger partial charge in [0.05, 0.1) is 0 Å². The fourth-order valence-electron chi connectivity index (χ4n) is 1.57. The predicted octanol–water partition coefficient (Wildman–Crippen LogP) is 3.13. The van der Waals surface area contributed by atoms with Crippen LogP contribution in [0.4, 0.5) is 5.95 Å². The summed E-state index contributed by atoms with van der Waals surface area (Å²) in [5.41, 5.74) is 2.29. The van der Waals surface area contributed by atoms with Gasteiger partial charge in [0.1, 0.15) is 0 Å². The number of nitrogens with zero attached hydrogens (tertiary/aromatic N) is 3. The summed E-state index contributed by atoms with van der Waals surface area (Å²) in [6.45, 7) is 11.9. The first kappa shape index (κ1) is 12.9. The van der Waals surface area contributed by atoms with Crippen molar-refractivity contribution in [1.29, 1.82) is 0 Å². The Labute approximate surface area is 108 Å². The largest absolute Gasteiger partial charge is 0.352 e. The van der Waals surface area contributed by atoms with E-state index in [0.29, 0.717) is 11.9 Å². The van der Waals surface area contributed by atoms with Crippen LogP contribution in [0.3, 0.4) is 0 Å². The van der Waals surface area contributed by atoms with Gasteiger partial charge in [-0.15, -0.1) is 5.10 Å². The Balaban J connectivity index is 2.13. The van der Waals surface area contributed by atoms with Crippen LogP contribution in [-0.2, 0) is 0 Å². The Morgan fingerprint density at radius 3 is 2.72 bits per heavy atom. The van der Waals surface area contributed by atoms with Gasteiger partial charge in [0, 0.05) is 12.7 Å². The lowest BCUT2D eigenvalue weighted by Crippen LogP contribution is -2.28. The molecule has 0 atom stereocenters. The van der Waals surface area contributed by atoms with Crippen molar-refractivity contribution in [2.75, 3.05) is 11.9 Å². The topological polar surface area (TPSA) is 42.2 Å². The fraction of sp³-hybridized carbons (Fsp3) is 0.571. The molecule has 0 amide bonds. The molecule has 0 unspecified atom stereocenters. The number of aromatic nitrogens is 3. The summed E-state index contributed by atoms with van der Waals surface area (Å²) < 4.78 is 1.82. The summed E-state index contributed by atoms with van der Waals surface area (Å²) in [7, 11) is 0. The molecule has 0 spiro atoms. The first-order chi connectivity index (χ1) is 8.38. The van der Waals surface area contributed by atoms with Gasteiger partial charge in [-0.05, 0) is 29.9 Å². The summed E-state index contributed by atoms with van der Waals surface area (Å²) in [5.74, 6) is 1.32. The highest BCUT2D eigenvalue weighted by atomic mass is 15.3. The van der Waals surface area contributed by atoms with Gasteiger partial charge in [0.25, 0.3) is 0 Å². The highest BCUT2D eigenvalue weighted by Gasteiger charge is 2.22. The Kier molecular flexibility index (Phi) is 3.28. The smallest absolute Gasteiger partial charge is 0.243 e. The molecule has 1 N–H and O–H groups in total. The second-order valence-electron chi connectivity index (χ2n) is 5.94. The molecule has 2 heterocycles. The summed E-state index contributed by atoms with van der Waals surface area (Å²) in [6.07, 6.45) is 1.99. The van der Waals surface area contributed by atoms with Crippen LogP contribution in [0.2, 0.25) is 0 Å². The van der Waals surface area contributed by atoms with Gasteiger partial charge in [0.15, 0.2) is 5.65 Å². The third-order valence-electron chi connectivity index (χ3n) is 3.74. The van der Waals surface area contributed by atoms with Crippen molar-refractivity contribution in [3.8, 4) is 0 Å². The van der Waals surface area contributed by atoms with Crippen molar-refractivity contribution in [2.24, 2.45) is 11.3 Å². The second-order valence-corrected chi connectivity index (χ2v) is 5.94. The lowest BCUT2D eigenvalue weighted by Gasteiger charge is -2.28. The summed E-state index contributed by atoms with van der Waals surface area (Å²) in [6, 6.07) is 4.03. The Morgan fingerprint density at radius 1 is 1.33 bits per heavy atom.